The van der Waals surface area contributed by atoms with E-state index in [9.17, 15) is 23.2 Å². The molecule has 0 bridgehead atoms. The first-order valence-corrected chi connectivity index (χ1v) is 7.43. The van der Waals surface area contributed by atoms with Crippen LogP contribution in [0.3, 0.4) is 0 Å². The van der Waals surface area contributed by atoms with Crippen LogP contribution in [-0.4, -0.2) is 37.0 Å². The minimum Gasteiger partial charge on any atom is -0.367 e. The summed E-state index contributed by atoms with van der Waals surface area (Å²) < 4.78 is 25.8. The van der Waals surface area contributed by atoms with Crippen LogP contribution in [0.5, 0.6) is 0 Å². The van der Waals surface area contributed by atoms with Gasteiger partial charge in [0.05, 0.1) is 6.04 Å². The van der Waals surface area contributed by atoms with Gasteiger partial charge in [-0.1, -0.05) is 0 Å². The molecule has 2 heterocycles. The highest BCUT2D eigenvalue weighted by atomic mass is 19.1. The fourth-order valence-corrected chi connectivity index (χ4v) is 2.39. The number of nitrogens with one attached hydrogen (secondary N) is 2. The van der Waals surface area contributed by atoms with E-state index < -0.39 is 17.7 Å². The molecule has 0 saturated carbocycles. The normalized spacial score (nSPS) is 17.3. The number of rotatable bonds is 2. The molecule has 0 atom stereocenters. The molecule has 1 aromatic carbocycles. The lowest BCUT2D eigenvalue weighted by Gasteiger charge is -2.40. The molecule has 0 aromatic heterocycles. The molecule has 2 aliphatic heterocycles. The number of imide groups is 1. The van der Waals surface area contributed by atoms with Crippen LogP contribution in [0, 0.1) is 11.6 Å². The predicted octanol–water partition coefficient (Wildman–Crippen LogP) is 0.635. The van der Waals surface area contributed by atoms with E-state index >= 15 is 0 Å². The monoisotopic (exact) mass is 340 g/mol. The first-order valence-electron chi connectivity index (χ1n) is 7.43. The molecule has 3 rings (SSSR count). The van der Waals surface area contributed by atoms with Crippen molar-refractivity contribution in [3.8, 4) is 0 Å². The molecule has 1 aromatic rings. The summed E-state index contributed by atoms with van der Waals surface area (Å²) in [5, 5.41) is 4.72. The number of benzene rings is 1. The zero-order valence-corrected chi connectivity index (χ0v) is 12.9. The Morgan fingerprint density at radius 2 is 1.67 bits per heavy atom. The van der Waals surface area contributed by atoms with Gasteiger partial charge >= 0.3 is 6.03 Å². The zero-order chi connectivity index (χ0) is 17.7. The summed E-state index contributed by atoms with van der Waals surface area (Å²) in [4.78, 5) is 33.0. The molecule has 2 aliphatic rings. The van der Waals surface area contributed by atoms with E-state index in [4.69, 9.17) is 5.73 Å². The van der Waals surface area contributed by atoms with Crippen molar-refractivity contribution in [2.45, 2.75) is 25.3 Å². The molecule has 2 fully saturated rings. The lowest BCUT2D eigenvalue weighted by molar-refractivity contribution is -0.132. The molecule has 0 unspecified atom stereocenters. The van der Waals surface area contributed by atoms with Crippen molar-refractivity contribution in [3.05, 3.63) is 29.8 Å². The molecular formula is C15H18F2N4O3. The van der Waals surface area contributed by atoms with Crippen molar-refractivity contribution >= 4 is 23.5 Å². The highest BCUT2D eigenvalue weighted by molar-refractivity contribution is 5.97. The molecule has 4 N–H and O–H groups in total. The number of hydrogen-bond acceptors (Lipinski definition) is 4. The first-order chi connectivity index (χ1) is 11.3. The third-order valence-electron chi connectivity index (χ3n) is 3.53. The summed E-state index contributed by atoms with van der Waals surface area (Å²) in [5.41, 5.74) is 5.42. The van der Waals surface area contributed by atoms with E-state index in [1.165, 1.54) is 12.1 Å². The summed E-state index contributed by atoms with van der Waals surface area (Å²) >= 11 is 0. The Hall–Kier alpha value is -2.71. The van der Waals surface area contributed by atoms with E-state index in [-0.39, 0.29) is 17.9 Å². The second-order valence-corrected chi connectivity index (χ2v) is 5.56. The van der Waals surface area contributed by atoms with Crippen LogP contribution in [0.25, 0.3) is 0 Å². The average molecular weight is 340 g/mol. The van der Waals surface area contributed by atoms with Crippen molar-refractivity contribution in [1.82, 2.24) is 10.6 Å². The van der Waals surface area contributed by atoms with Gasteiger partial charge in [-0.25, -0.2) is 13.6 Å². The van der Waals surface area contributed by atoms with Crippen LogP contribution in [0.2, 0.25) is 0 Å². The zero-order valence-electron chi connectivity index (χ0n) is 12.9. The third kappa shape index (κ3) is 5.18. The average Bonchev–Trinajstić information content (AvgIpc) is 2.41. The number of carbonyl (C=O) groups is 3. The maximum Gasteiger partial charge on any atom is 0.312 e. The Morgan fingerprint density at radius 3 is 2.08 bits per heavy atom. The Kier molecular flexibility index (Phi) is 5.67. The van der Waals surface area contributed by atoms with Crippen LogP contribution in [0.15, 0.2) is 18.2 Å². The maximum absolute atomic E-state index is 12.9. The second kappa shape index (κ2) is 7.71. The largest absolute Gasteiger partial charge is 0.367 e. The minimum absolute atomic E-state index is 0.0520. The lowest BCUT2D eigenvalue weighted by Crippen LogP contribution is -2.60. The molecule has 9 heteroatoms. The van der Waals surface area contributed by atoms with Gasteiger partial charge in [-0.3, -0.25) is 14.9 Å². The summed E-state index contributed by atoms with van der Waals surface area (Å²) in [6.07, 6.45) is 1.72. The Labute approximate surface area is 137 Å². The summed E-state index contributed by atoms with van der Waals surface area (Å²) in [5.74, 6) is -1.50. The topological polar surface area (TPSA) is 105 Å². The van der Waals surface area contributed by atoms with Gasteiger partial charge in [-0.15, -0.1) is 0 Å². The van der Waals surface area contributed by atoms with E-state index in [1.807, 2.05) is 0 Å². The highest BCUT2D eigenvalue weighted by Gasteiger charge is 2.28. The summed E-state index contributed by atoms with van der Waals surface area (Å²) in [6, 6.07) is 2.69. The quantitative estimate of drug-likeness (QED) is 0.687. The molecule has 7 nitrogen and oxygen atoms in total. The Bertz CT molecular complexity index is 613. The van der Waals surface area contributed by atoms with Crippen molar-refractivity contribution in [2.75, 3.05) is 18.0 Å². The number of halogens is 2. The van der Waals surface area contributed by atoms with Crippen LogP contribution in [0.4, 0.5) is 19.3 Å². The third-order valence-corrected chi connectivity index (χ3v) is 3.53. The van der Waals surface area contributed by atoms with Gasteiger partial charge in [0.25, 0.3) is 0 Å². The standard InChI is InChI=1S/C10H11F2N3O.C5H7NO2/c11-6-1-7(12)3-9(2-6)15-4-8(5-15)14-10(13)16;7-4-2-1-3-5(8)6-4/h1-3,8H,4-5H2,(H3,13,14,16);1-3H2,(H,6,7,8). The van der Waals surface area contributed by atoms with E-state index in [0.717, 1.165) is 6.07 Å². The van der Waals surface area contributed by atoms with Crippen molar-refractivity contribution in [3.63, 3.8) is 0 Å². The van der Waals surface area contributed by atoms with E-state index in [2.05, 4.69) is 10.6 Å². The Morgan fingerprint density at radius 1 is 1.12 bits per heavy atom. The smallest absolute Gasteiger partial charge is 0.312 e. The number of hydrogen-bond donors (Lipinski definition) is 3. The van der Waals surface area contributed by atoms with Gasteiger partial charge in [0.2, 0.25) is 11.8 Å². The SMILES string of the molecule is NC(=O)NC1CN(c2cc(F)cc(F)c2)C1.O=C1CCCC(=O)N1. The molecule has 24 heavy (non-hydrogen) atoms. The van der Waals surface area contributed by atoms with Crippen molar-refractivity contribution in [1.29, 1.82) is 0 Å². The molecule has 4 amide bonds. The first kappa shape index (κ1) is 17.6. The number of amides is 4. The molecule has 0 spiro atoms. The van der Waals surface area contributed by atoms with Crippen LogP contribution < -0.4 is 21.3 Å². The number of piperidine rings is 1. The number of nitrogens with two attached hydrogens (primary N) is 1. The molecule has 2 saturated heterocycles. The van der Waals surface area contributed by atoms with Gasteiger partial charge in [0.15, 0.2) is 0 Å². The number of urea groups is 1. The summed E-state index contributed by atoms with van der Waals surface area (Å²) in [7, 11) is 0. The predicted molar refractivity (Wildman–Crippen MR) is 82.1 cm³/mol. The Balaban J connectivity index is 0.000000219. The van der Waals surface area contributed by atoms with Gasteiger partial charge < -0.3 is 16.0 Å². The minimum atomic E-state index is -0.610. The van der Waals surface area contributed by atoms with Crippen LogP contribution in [-0.2, 0) is 9.59 Å². The molecular weight excluding hydrogens is 322 g/mol. The second-order valence-electron chi connectivity index (χ2n) is 5.56. The summed E-state index contributed by atoms with van der Waals surface area (Å²) in [6.45, 7) is 1.01. The van der Waals surface area contributed by atoms with E-state index in [1.54, 1.807) is 4.90 Å². The van der Waals surface area contributed by atoms with Crippen molar-refractivity contribution < 1.29 is 23.2 Å². The molecule has 0 radical (unpaired) electrons. The molecule has 130 valence electrons. The molecule has 0 aliphatic carbocycles. The van der Waals surface area contributed by atoms with Crippen LogP contribution >= 0.6 is 0 Å². The lowest BCUT2D eigenvalue weighted by atomic mass is 10.1. The number of primary amides is 1. The number of nitrogens with zero attached hydrogens (tertiary/aromatic N) is 1. The fraction of sp³-hybridized carbons (Fsp3) is 0.400. The van der Waals surface area contributed by atoms with Gasteiger partial charge in [0.1, 0.15) is 11.6 Å². The van der Waals surface area contributed by atoms with Gasteiger partial charge in [0, 0.05) is 37.7 Å². The van der Waals surface area contributed by atoms with Crippen LogP contribution in [0.1, 0.15) is 19.3 Å². The fourth-order valence-electron chi connectivity index (χ4n) is 2.39. The van der Waals surface area contributed by atoms with Crippen molar-refractivity contribution in [2.24, 2.45) is 5.73 Å². The van der Waals surface area contributed by atoms with Gasteiger partial charge in [-0.2, -0.15) is 0 Å². The maximum atomic E-state index is 12.9. The number of carbonyl (C=O) groups excluding carboxylic acids is 3. The highest BCUT2D eigenvalue weighted by Crippen LogP contribution is 2.22. The van der Waals surface area contributed by atoms with E-state index in [0.29, 0.717) is 38.0 Å². The number of anilines is 1. The van der Waals surface area contributed by atoms with Gasteiger partial charge in [-0.05, 0) is 18.6 Å².